The molecule has 0 spiro atoms. The summed E-state index contributed by atoms with van der Waals surface area (Å²) in [5, 5.41) is 10.2. The first-order valence-corrected chi connectivity index (χ1v) is 14.9. The van der Waals surface area contributed by atoms with Crippen molar-refractivity contribution in [3.8, 4) is 0 Å². The number of H-pyrrole nitrogens is 1. The summed E-state index contributed by atoms with van der Waals surface area (Å²) in [5.74, 6) is -0.749. The molecule has 3 heterocycles. The number of aromatic nitrogens is 1. The summed E-state index contributed by atoms with van der Waals surface area (Å²) in [6.45, 7) is 4.31. The van der Waals surface area contributed by atoms with Crippen molar-refractivity contribution in [1.29, 1.82) is 0 Å². The molecule has 0 saturated carbocycles. The lowest BCUT2D eigenvalue weighted by Crippen LogP contribution is -2.54. The molecule has 1 aromatic heterocycles. The van der Waals surface area contributed by atoms with Crippen molar-refractivity contribution < 1.29 is 28.6 Å². The first kappa shape index (κ1) is 30.5. The van der Waals surface area contributed by atoms with Crippen LogP contribution in [0.15, 0.2) is 60.8 Å². The molecule has 11 nitrogen and oxygen atoms in total. The third kappa shape index (κ3) is 7.92. The summed E-state index contributed by atoms with van der Waals surface area (Å²) < 4.78 is 17.0. The first-order chi connectivity index (χ1) is 20.9. The van der Waals surface area contributed by atoms with Crippen molar-refractivity contribution in [1.82, 2.24) is 25.8 Å². The topological polar surface area (TPSA) is 134 Å². The zero-order valence-corrected chi connectivity index (χ0v) is 24.7. The Morgan fingerprint density at radius 3 is 2.47 bits per heavy atom. The quantitative estimate of drug-likeness (QED) is 0.285. The number of fused-ring (bicyclic) bond motifs is 1. The van der Waals surface area contributed by atoms with Gasteiger partial charge in [0.2, 0.25) is 11.8 Å². The second kappa shape index (κ2) is 14.5. The Morgan fingerprint density at radius 2 is 1.72 bits per heavy atom. The van der Waals surface area contributed by atoms with E-state index in [4.69, 9.17) is 14.2 Å². The molecule has 2 aliphatic rings. The number of aromatic amines is 1. The second-order valence-electron chi connectivity index (χ2n) is 11.3. The van der Waals surface area contributed by atoms with Gasteiger partial charge in [0, 0.05) is 36.0 Å². The molecule has 4 N–H and O–H groups in total. The first-order valence-electron chi connectivity index (χ1n) is 14.9. The number of nitrogens with zero attached hydrogens (tertiary/aromatic N) is 1. The lowest BCUT2D eigenvalue weighted by molar-refractivity contribution is -0.196. The van der Waals surface area contributed by atoms with Gasteiger partial charge in [-0.25, -0.2) is 4.79 Å². The van der Waals surface area contributed by atoms with Crippen molar-refractivity contribution >= 4 is 28.8 Å². The van der Waals surface area contributed by atoms with Crippen molar-refractivity contribution in [2.24, 2.45) is 5.92 Å². The minimum absolute atomic E-state index is 0.0989. The maximum atomic E-state index is 13.9. The number of ether oxygens (including phenoxy) is 3. The Kier molecular flexibility index (Phi) is 10.3. The summed E-state index contributed by atoms with van der Waals surface area (Å²) in [6, 6.07) is 16.2. The summed E-state index contributed by atoms with van der Waals surface area (Å²) in [7, 11) is 1.69. The van der Waals surface area contributed by atoms with Crippen LogP contribution in [0, 0.1) is 5.92 Å². The average Bonchev–Trinajstić information content (AvgIpc) is 3.48. The molecule has 2 aromatic carbocycles. The number of likely N-dealkylation sites (N-methyl/N-ethyl adjacent to an activating group) is 1. The van der Waals surface area contributed by atoms with Crippen LogP contribution in [0.2, 0.25) is 0 Å². The maximum absolute atomic E-state index is 13.9. The molecule has 2 saturated heterocycles. The number of amides is 3. The largest absolute Gasteiger partial charge is 0.445 e. The van der Waals surface area contributed by atoms with Gasteiger partial charge in [-0.1, -0.05) is 55.5 Å². The smallest absolute Gasteiger partial charge is 0.407 e. The third-order valence-corrected chi connectivity index (χ3v) is 8.19. The van der Waals surface area contributed by atoms with E-state index in [2.05, 4.69) is 20.9 Å². The number of carbonyl (C=O) groups excluding carboxylic acids is 3. The SMILES string of the molecule is C[C@@H](c1c[nH]c2ccccc12)[C@@H](NC(=O)C1CCNCC1)C(=O)N(C)CC1OCC(NC(=O)OCc2ccccc2)CO1. The normalized spacial score (nSPS) is 20.6. The Balaban J connectivity index is 1.17. The van der Waals surface area contributed by atoms with Gasteiger partial charge in [0.1, 0.15) is 12.6 Å². The van der Waals surface area contributed by atoms with Crippen LogP contribution in [0.25, 0.3) is 10.9 Å². The highest BCUT2D eigenvalue weighted by molar-refractivity contribution is 5.91. The molecule has 3 aromatic rings. The third-order valence-electron chi connectivity index (χ3n) is 8.19. The number of hydrogen-bond donors (Lipinski definition) is 4. The molecule has 0 bridgehead atoms. The van der Waals surface area contributed by atoms with Gasteiger partial charge < -0.3 is 40.0 Å². The monoisotopic (exact) mass is 591 g/mol. The zero-order valence-electron chi connectivity index (χ0n) is 24.7. The predicted molar refractivity (Wildman–Crippen MR) is 161 cm³/mol. The molecule has 11 heteroatoms. The van der Waals surface area contributed by atoms with Crippen LogP contribution in [0.4, 0.5) is 4.79 Å². The van der Waals surface area contributed by atoms with E-state index in [0.29, 0.717) is 0 Å². The predicted octanol–water partition coefficient (Wildman–Crippen LogP) is 2.88. The Morgan fingerprint density at radius 1 is 1.02 bits per heavy atom. The standard InChI is InChI=1S/C32H41N5O6/c1-21(26-16-34-27-11-7-6-10-25(26)27)29(36-30(38)23-12-14-33-15-13-23)31(39)37(2)17-28-41-19-24(20-42-28)35-32(40)43-18-22-8-4-3-5-9-22/h3-11,16,21,23-24,28-29,33-34H,12-15,17-20H2,1-2H3,(H,35,40)(H,36,38)/t21-,24?,28?,29+/m0/s1. The van der Waals surface area contributed by atoms with Crippen LogP contribution in [0.5, 0.6) is 0 Å². The molecule has 230 valence electrons. The zero-order chi connectivity index (χ0) is 30.2. The van der Waals surface area contributed by atoms with E-state index in [1.54, 1.807) is 11.9 Å². The van der Waals surface area contributed by atoms with Gasteiger partial charge in [-0.05, 0) is 43.1 Å². The lowest BCUT2D eigenvalue weighted by atomic mass is 9.90. The molecule has 2 fully saturated rings. The Labute approximate surface area is 251 Å². The molecular weight excluding hydrogens is 550 g/mol. The summed E-state index contributed by atoms with van der Waals surface area (Å²) in [5.41, 5.74) is 2.83. The molecule has 5 rings (SSSR count). The molecule has 3 amide bonds. The average molecular weight is 592 g/mol. The number of benzene rings is 2. The number of hydrogen-bond acceptors (Lipinski definition) is 7. The van der Waals surface area contributed by atoms with Gasteiger partial charge in [-0.2, -0.15) is 0 Å². The van der Waals surface area contributed by atoms with Gasteiger partial charge in [-0.3, -0.25) is 9.59 Å². The van der Waals surface area contributed by atoms with Gasteiger partial charge in [0.15, 0.2) is 6.29 Å². The van der Waals surface area contributed by atoms with E-state index >= 15 is 0 Å². The van der Waals surface area contributed by atoms with E-state index in [0.717, 1.165) is 48.0 Å². The van der Waals surface area contributed by atoms with Crippen molar-refractivity contribution in [3.05, 3.63) is 71.9 Å². The van der Waals surface area contributed by atoms with Gasteiger partial charge in [0.25, 0.3) is 0 Å². The summed E-state index contributed by atoms with van der Waals surface area (Å²) >= 11 is 0. The van der Waals surface area contributed by atoms with Gasteiger partial charge >= 0.3 is 6.09 Å². The lowest BCUT2D eigenvalue weighted by Gasteiger charge is -2.34. The number of para-hydroxylation sites is 1. The fourth-order valence-electron chi connectivity index (χ4n) is 5.62. The van der Waals surface area contributed by atoms with E-state index < -0.39 is 18.4 Å². The van der Waals surface area contributed by atoms with Crippen LogP contribution in [0.1, 0.15) is 36.8 Å². The van der Waals surface area contributed by atoms with E-state index in [9.17, 15) is 14.4 Å². The second-order valence-corrected chi connectivity index (χ2v) is 11.3. The summed E-state index contributed by atoms with van der Waals surface area (Å²) in [6.07, 6.45) is 2.17. The fraction of sp³-hybridized carbons (Fsp3) is 0.469. The number of nitrogens with one attached hydrogen (secondary N) is 4. The van der Waals surface area contributed by atoms with Crippen LogP contribution in [-0.4, -0.2) is 86.1 Å². The summed E-state index contributed by atoms with van der Waals surface area (Å²) in [4.78, 5) is 44.3. The van der Waals surface area contributed by atoms with Crippen LogP contribution in [0.3, 0.4) is 0 Å². The molecule has 0 unspecified atom stereocenters. The van der Waals surface area contributed by atoms with E-state index in [-0.39, 0.29) is 56.1 Å². The van der Waals surface area contributed by atoms with Crippen molar-refractivity contribution in [2.75, 3.05) is 39.9 Å². The van der Waals surface area contributed by atoms with Gasteiger partial charge in [0.05, 0.1) is 25.8 Å². The minimum Gasteiger partial charge on any atom is -0.445 e. The van der Waals surface area contributed by atoms with Crippen LogP contribution in [-0.2, 0) is 30.4 Å². The van der Waals surface area contributed by atoms with Gasteiger partial charge in [-0.15, -0.1) is 0 Å². The molecular formula is C32H41N5O6. The van der Waals surface area contributed by atoms with E-state index in [1.807, 2.05) is 67.7 Å². The van der Waals surface area contributed by atoms with Crippen molar-refractivity contribution in [2.45, 2.75) is 50.7 Å². The fourth-order valence-corrected chi connectivity index (χ4v) is 5.62. The van der Waals surface area contributed by atoms with Crippen LogP contribution >= 0.6 is 0 Å². The molecule has 0 radical (unpaired) electrons. The highest BCUT2D eigenvalue weighted by atomic mass is 16.7. The Hall–Kier alpha value is -3.93. The molecule has 43 heavy (non-hydrogen) atoms. The van der Waals surface area contributed by atoms with Crippen LogP contribution < -0.4 is 16.0 Å². The number of alkyl carbamates (subject to hydrolysis) is 1. The number of piperidine rings is 1. The van der Waals surface area contributed by atoms with E-state index in [1.165, 1.54) is 0 Å². The number of carbonyl (C=O) groups is 3. The van der Waals surface area contributed by atoms with Crippen molar-refractivity contribution in [3.63, 3.8) is 0 Å². The maximum Gasteiger partial charge on any atom is 0.407 e. The highest BCUT2D eigenvalue weighted by Gasteiger charge is 2.35. The Bertz CT molecular complexity index is 1370. The number of rotatable bonds is 10. The molecule has 2 atom stereocenters. The highest BCUT2D eigenvalue weighted by Crippen LogP contribution is 2.29. The molecule has 2 aliphatic heterocycles. The molecule has 0 aliphatic carbocycles. The minimum atomic E-state index is -0.774.